The summed E-state index contributed by atoms with van der Waals surface area (Å²) < 4.78 is 5.18. The number of alkyl carbamates (subject to hydrolysis) is 1. The lowest BCUT2D eigenvalue weighted by atomic mass is 9.83. The van der Waals surface area contributed by atoms with Gasteiger partial charge in [0.1, 0.15) is 5.60 Å². The Morgan fingerprint density at radius 3 is 2.56 bits per heavy atom. The van der Waals surface area contributed by atoms with Crippen LogP contribution in [0.4, 0.5) is 4.79 Å². The molecule has 0 aromatic rings. The minimum absolute atomic E-state index is 0.289. The zero-order valence-electron chi connectivity index (χ0n) is 12.2. The van der Waals surface area contributed by atoms with Crippen molar-refractivity contribution in [3.8, 4) is 0 Å². The Morgan fingerprint density at radius 2 is 2.06 bits per heavy atom. The van der Waals surface area contributed by atoms with Gasteiger partial charge in [0.2, 0.25) is 0 Å². The highest BCUT2D eigenvalue weighted by molar-refractivity contribution is 5.67. The number of amides is 1. The Hall–Kier alpha value is -0.770. The van der Waals surface area contributed by atoms with E-state index in [-0.39, 0.29) is 12.1 Å². The van der Waals surface area contributed by atoms with Crippen LogP contribution in [0.25, 0.3) is 0 Å². The minimum Gasteiger partial charge on any atom is -0.444 e. The first kappa shape index (κ1) is 15.3. The second-order valence-corrected chi connectivity index (χ2v) is 6.32. The third-order valence-corrected chi connectivity index (χ3v) is 3.22. The van der Waals surface area contributed by atoms with Gasteiger partial charge in [-0.05, 0) is 46.6 Å². The lowest BCUT2D eigenvalue weighted by Crippen LogP contribution is -2.41. The average Bonchev–Trinajstić information content (AvgIpc) is 2.16. The molecule has 4 nitrogen and oxygen atoms in total. The molecule has 4 heteroatoms. The molecule has 0 radical (unpaired) electrons. The van der Waals surface area contributed by atoms with E-state index in [9.17, 15) is 4.79 Å². The molecule has 1 aliphatic carbocycles. The van der Waals surface area contributed by atoms with Crippen LogP contribution < -0.4 is 10.6 Å². The maximum absolute atomic E-state index is 11.4. The summed E-state index contributed by atoms with van der Waals surface area (Å²) in [6.45, 7) is 9.34. The van der Waals surface area contributed by atoms with E-state index in [1.807, 2.05) is 20.8 Å². The molecule has 1 aliphatic rings. The summed E-state index contributed by atoms with van der Waals surface area (Å²) in [7, 11) is 0. The van der Waals surface area contributed by atoms with E-state index in [1.54, 1.807) is 0 Å². The van der Waals surface area contributed by atoms with Gasteiger partial charge in [-0.15, -0.1) is 0 Å². The molecule has 0 aromatic carbocycles. The van der Waals surface area contributed by atoms with Crippen molar-refractivity contribution in [2.45, 2.75) is 65.0 Å². The fourth-order valence-corrected chi connectivity index (χ4v) is 1.94. The van der Waals surface area contributed by atoms with Gasteiger partial charge in [0.25, 0.3) is 0 Å². The molecule has 1 atom stereocenters. The number of carbonyl (C=O) groups is 1. The Balaban J connectivity index is 2.01. The summed E-state index contributed by atoms with van der Waals surface area (Å²) in [4.78, 5) is 11.4. The van der Waals surface area contributed by atoms with Crippen molar-refractivity contribution < 1.29 is 9.53 Å². The van der Waals surface area contributed by atoms with Crippen LogP contribution in [0.15, 0.2) is 0 Å². The Labute approximate surface area is 111 Å². The van der Waals surface area contributed by atoms with Crippen molar-refractivity contribution in [1.29, 1.82) is 0 Å². The van der Waals surface area contributed by atoms with Gasteiger partial charge in [-0.25, -0.2) is 4.79 Å². The normalized spacial score (nSPS) is 18.0. The summed E-state index contributed by atoms with van der Waals surface area (Å²) in [5.74, 6) is 0.934. The summed E-state index contributed by atoms with van der Waals surface area (Å²) >= 11 is 0. The molecule has 0 bridgehead atoms. The molecule has 106 valence electrons. The van der Waals surface area contributed by atoms with Gasteiger partial charge < -0.3 is 15.4 Å². The predicted octanol–water partition coefficient (Wildman–Crippen LogP) is 2.68. The molecular formula is C14H28N2O2. The third-order valence-electron chi connectivity index (χ3n) is 3.22. The number of ether oxygens (including phenoxy) is 1. The zero-order valence-corrected chi connectivity index (χ0v) is 12.2. The molecule has 0 heterocycles. The standard InChI is InChI=1S/C14H28N2O2/c1-11(15-9-8-12-6-5-7-12)10-16-13(17)18-14(2,3)4/h11-12,15H,5-10H2,1-4H3,(H,16,17). The maximum Gasteiger partial charge on any atom is 0.407 e. The third kappa shape index (κ3) is 6.84. The number of rotatable bonds is 6. The van der Waals surface area contributed by atoms with Crippen LogP contribution in [-0.4, -0.2) is 30.8 Å². The van der Waals surface area contributed by atoms with Crippen molar-refractivity contribution in [2.24, 2.45) is 5.92 Å². The van der Waals surface area contributed by atoms with Gasteiger partial charge in [0.15, 0.2) is 0 Å². The Kier molecular flexibility index (Phi) is 5.93. The SMILES string of the molecule is CC(CNC(=O)OC(C)(C)C)NCCC1CCC1. The van der Waals surface area contributed by atoms with Crippen molar-refractivity contribution in [3.05, 3.63) is 0 Å². The first-order valence-corrected chi connectivity index (χ1v) is 7.07. The lowest BCUT2D eigenvalue weighted by molar-refractivity contribution is 0.0523. The van der Waals surface area contributed by atoms with Crippen LogP contribution in [0.1, 0.15) is 53.4 Å². The van der Waals surface area contributed by atoms with Crippen LogP contribution in [0, 0.1) is 5.92 Å². The van der Waals surface area contributed by atoms with Crippen LogP contribution in [-0.2, 0) is 4.74 Å². The fourth-order valence-electron chi connectivity index (χ4n) is 1.94. The first-order chi connectivity index (χ1) is 8.37. The number of carbonyl (C=O) groups excluding carboxylic acids is 1. The van der Waals surface area contributed by atoms with Crippen molar-refractivity contribution in [1.82, 2.24) is 10.6 Å². The molecule has 0 aliphatic heterocycles. The topological polar surface area (TPSA) is 50.4 Å². The van der Waals surface area contributed by atoms with E-state index in [4.69, 9.17) is 4.74 Å². The van der Waals surface area contributed by atoms with Crippen LogP contribution >= 0.6 is 0 Å². The van der Waals surface area contributed by atoms with Gasteiger partial charge in [-0.2, -0.15) is 0 Å². The first-order valence-electron chi connectivity index (χ1n) is 7.07. The highest BCUT2D eigenvalue weighted by Gasteiger charge is 2.18. The molecule has 1 fully saturated rings. The summed E-state index contributed by atoms with van der Waals surface area (Å²) in [5, 5.41) is 6.21. The van der Waals surface area contributed by atoms with Crippen molar-refractivity contribution in [2.75, 3.05) is 13.1 Å². The fraction of sp³-hybridized carbons (Fsp3) is 0.929. The van der Waals surface area contributed by atoms with E-state index in [2.05, 4.69) is 17.6 Å². The van der Waals surface area contributed by atoms with E-state index in [1.165, 1.54) is 25.7 Å². The number of hydrogen-bond acceptors (Lipinski definition) is 3. The number of hydrogen-bond donors (Lipinski definition) is 2. The monoisotopic (exact) mass is 256 g/mol. The summed E-state index contributed by atoms with van der Waals surface area (Å²) in [5.41, 5.74) is -0.426. The van der Waals surface area contributed by atoms with Crippen LogP contribution in [0.2, 0.25) is 0 Å². The summed E-state index contributed by atoms with van der Waals surface area (Å²) in [6.07, 6.45) is 5.12. The largest absolute Gasteiger partial charge is 0.444 e. The highest BCUT2D eigenvalue weighted by atomic mass is 16.6. The Morgan fingerprint density at radius 1 is 1.39 bits per heavy atom. The molecule has 0 spiro atoms. The average molecular weight is 256 g/mol. The van der Waals surface area contributed by atoms with Crippen molar-refractivity contribution >= 4 is 6.09 Å². The second-order valence-electron chi connectivity index (χ2n) is 6.32. The Bertz CT molecular complexity index is 257. The van der Waals surface area contributed by atoms with Gasteiger partial charge in [-0.1, -0.05) is 19.3 Å². The van der Waals surface area contributed by atoms with E-state index >= 15 is 0 Å². The van der Waals surface area contributed by atoms with Gasteiger partial charge in [0, 0.05) is 12.6 Å². The van der Waals surface area contributed by atoms with E-state index < -0.39 is 5.60 Å². The van der Waals surface area contributed by atoms with Crippen LogP contribution in [0.5, 0.6) is 0 Å². The molecule has 1 rings (SSSR count). The maximum atomic E-state index is 11.4. The predicted molar refractivity (Wildman–Crippen MR) is 73.7 cm³/mol. The quantitative estimate of drug-likeness (QED) is 0.768. The molecule has 2 N–H and O–H groups in total. The molecule has 0 aromatic heterocycles. The van der Waals surface area contributed by atoms with Crippen molar-refractivity contribution in [3.63, 3.8) is 0 Å². The van der Waals surface area contributed by atoms with Gasteiger partial charge in [-0.3, -0.25) is 0 Å². The highest BCUT2D eigenvalue weighted by Crippen LogP contribution is 2.28. The van der Waals surface area contributed by atoms with E-state index in [0.717, 1.165) is 12.5 Å². The molecule has 1 amide bonds. The van der Waals surface area contributed by atoms with Crippen LogP contribution in [0.3, 0.4) is 0 Å². The lowest BCUT2D eigenvalue weighted by Gasteiger charge is -2.26. The summed E-state index contributed by atoms with van der Waals surface area (Å²) in [6, 6.07) is 0.289. The molecule has 0 saturated heterocycles. The molecule has 1 unspecified atom stereocenters. The van der Waals surface area contributed by atoms with E-state index in [0.29, 0.717) is 6.54 Å². The van der Waals surface area contributed by atoms with Gasteiger partial charge in [0.05, 0.1) is 0 Å². The number of nitrogens with one attached hydrogen (secondary N) is 2. The zero-order chi connectivity index (χ0) is 13.6. The van der Waals surface area contributed by atoms with Gasteiger partial charge >= 0.3 is 6.09 Å². The molecule has 18 heavy (non-hydrogen) atoms. The molecule has 1 saturated carbocycles. The smallest absolute Gasteiger partial charge is 0.407 e. The molecular weight excluding hydrogens is 228 g/mol. The minimum atomic E-state index is -0.426. The second kappa shape index (κ2) is 6.98.